The minimum absolute atomic E-state index is 0.112. The van der Waals surface area contributed by atoms with Gasteiger partial charge in [0.25, 0.3) is 0 Å². The number of sulfonamides is 1. The molecule has 1 aromatic rings. The van der Waals surface area contributed by atoms with Crippen LogP contribution in [0.4, 0.5) is 0 Å². The molecule has 0 aromatic heterocycles. The Morgan fingerprint density at radius 3 is 2.24 bits per heavy atom. The van der Waals surface area contributed by atoms with Gasteiger partial charge in [0.05, 0.1) is 16.3 Å². The first-order valence-electron chi connectivity index (χ1n) is 5.20. The van der Waals surface area contributed by atoms with Crippen molar-refractivity contribution in [3.05, 3.63) is 35.9 Å². The van der Waals surface area contributed by atoms with Gasteiger partial charge in [0, 0.05) is 0 Å². The van der Waals surface area contributed by atoms with Gasteiger partial charge < -0.3 is 5.73 Å². The zero-order chi connectivity index (χ0) is 13.1. The summed E-state index contributed by atoms with van der Waals surface area (Å²) in [4.78, 5) is 0.112. The Morgan fingerprint density at radius 2 is 1.82 bits per heavy atom. The molecular formula is C11H16N2O2S2. The molecule has 0 spiro atoms. The predicted molar refractivity (Wildman–Crippen MR) is 73.2 cm³/mol. The van der Waals surface area contributed by atoms with Gasteiger partial charge in [0.2, 0.25) is 10.0 Å². The van der Waals surface area contributed by atoms with E-state index in [1.54, 1.807) is 26.0 Å². The van der Waals surface area contributed by atoms with Crippen LogP contribution in [0.5, 0.6) is 0 Å². The van der Waals surface area contributed by atoms with Gasteiger partial charge in [-0.3, -0.25) is 0 Å². The zero-order valence-electron chi connectivity index (χ0n) is 9.75. The van der Waals surface area contributed by atoms with E-state index in [4.69, 9.17) is 18.0 Å². The van der Waals surface area contributed by atoms with Gasteiger partial charge in [-0.2, -0.15) is 0 Å². The van der Waals surface area contributed by atoms with Crippen molar-refractivity contribution >= 4 is 27.2 Å². The summed E-state index contributed by atoms with van der Waals surface area (Å²) in [6, 6.07) is 8.38. The molecule has 0 aliphatic carbocycles. The lowest BCUT2D eigenvalue weighted by atomic mass is 10.1. The van der Waals surface area contributed by atoms with Gasteiger partial charge in [-0.1, -0.05) is 42.5 Å². The van der Waals surface area contributed by atoms with Crippen molar-refractivity contribution in [1.82, 2.24) is 4.72 Å². The topological polar surface area (TPSA) is 72.2 Å². The summed E-state index contributed by atoms with van der Waals surface area (Å²) in [7, 11) is -3.41. The highest BCUT2D eigenvalue weighted by atomic mass is 32.2. The highest BCUT2D eigenvalue weighted by Gasteiger charge is 2.23. The van der Waals surface area contributed by atoms with Crippen LogP contribution in [0, 0.1) is 0 Å². The van der Waals surface area contributed by atoms with Crippen LogP contribution in [0.25, 0.3) is 0 Å². The van der Waals surface area contributed by atoms with E-state index in [1.807, 2.05) is 18.2 Å². The molecule has 17 heavy (non-hydrogen) atoms. The number of hydrogen-bond donors (Lipinski definition) is 2. The summed E-state index contributed by atoms with van der Waals surface area (Å²) in [5.74, 6) is 0. The van der Waals surface area contributed by atoms with Crippen molar-refractivity contribution in [3.63, 3.8) is 0 Å². The molecule has 94 valence electrons. The molecule has 0 saturated heterocycles. The highest BCUT2D eigenvalue weighted by molar-refractivity contribution is 7.90. The largest absolute Gasteiger partial charge is 0.392 e. The molecule has 0 aliphatic rings. The summed E-state index contributed by atoms with van der Waals surface area (Å²) >= 11 is 4.90. The van der Waals surface area contributed by atoms with Crippen molar-refractivity contribution in [2.75, 3.05) is 0 Å². The lowest BCUT2D eigenvalue weighted by Crippen LogP contribution is -2.39. The smallest absolute Gasteiger partial charge is 0.214 e. The quantitative estimate of drug-likeness (QED) is 0.794. The Hall–Kier alpha value is -0.980. The van der Waals surface area contributed by atoms with Crippen LogP contribution in [-0.4, -0.2) is 18.7 Å². The first-order valence-corrected chi connectivity index (χ1v) is 7.15. The van der Waals surface area contributed by atoms with Crippen molar-refractivity contribution in [2.24, 2.45) is 5.73 Å². The van der Waals surface area contributed by atoms with Crippen LogP contribution in [0.15, 0.2) is 30.3 Å². The second-order valence-electron chi connectivity index (χ2n) is 3.96. The fraction of sp³-hybridized carbons (Fsp3) is 0.364. The molecule has 0 saturated carbocycles. The molecule has 0 bridgehead atoms. The van der Waals surface area contributed by atoms with E-state index in [9.17, 15) is 8.42 Å². The molecule has 0 heterocycles. The third kappa shape index (κ3) is 3.76. The van der Waals surface area contributed by atoms with Gasteiger partial charge in [-0.05, 0) is 19.4 Å². The maximum atomic E-state index is 11.8. The predicted octanol–water partition coefficient (Wildman–Crippen LogP) is 1.34. The molecule has 1 aromatic carbocycles. The SMILES string of the molecule is CC(C)S(=O)(=O)NC(C(N)=S)c1ccccc1. The minimum atomic E-state index is -3.41. The molecule has 0 fully saturated rings. The van der Waals surface area contributed by atoms with E-state index >= 15 is 0 Å². The number of rotatable bonds is 5. The Bertz CT molecular complexity index is 483. The monoisotopic (exact) mass is 272 g/mol. The highest BCUT2D eigenvalue weighted by Crippen LogP contribution is 2.15. The standard InChI is InChI=1S/C11H16N2O2S2/c1-8(2)17(14,15)13-10(11(12)16)9-6-4-3-5-7-9/h3-8,10,13H,1-2H3,(H2,12,16). The number of hydrogen-bond acceptors (Lipinski definition) is 3. The molecular weight excluding hydrogens is 256 g/mol. The van der Waals surface area contributed by atoms with Crippen LogP contribution in [0.3, 0.4) is 0 Å². The average Bonchev–Trinajstić information content (AvgIpc) is 2.26. The van der Waals surface area contributed by atoms with Crippen LogP contribution in [-0.2, 0) is 10.0 Å². The van der Waals surface area contributed by atoms with Crippen LogP contribution < -0.4 is 10.5 Å². The van der Waals surface area contributed by atoms with Gasteiger partial charge in [0.15, 0.2) is 0 Å². The Labute approximate surface area is 107 Å². The molecule has 1 rings (SSSR count). The van der Waals surface area contributed by atoms with Crippen LogP contribution in [0.2, 0.25) is 0 Å². The molecule has 0 amide bonds. The van der Waals surface area contributed by atoms with Crippen molar-refractivity contribution < 1.29 is 8.42 Å². The molecule has 1 unspecified atom stereocenters. The molecule has 4 nitrogen and oxygen atoms in total. The first kappa shape index (κ1) is 14.1. The average molecular weight is 272 g/mol. The lowest BCUT2D eigenvalue weighted by molar-refractivity contribution is 0.568. The third-order valence-electron chi connectivity index (χ3n) is 2.32. The van der Waals surface area contributed by atoms with E-state index < -0.39 is 21.3 Å². The second-order valence-corrected chi connectivity index (χ2v) is 6.70. The van der Waals surface area contributed by atoms with Gasteiger partial charge in [-0.15, -0.1) is 0 Å². The Morgan fingerprint density at radius 1 is 1.29 bits per heavy atom. The third-order valence-corrected chi connectivity index (χ3v) is 4.36. The van der Waals surface area contributed by atoms with Crippen LogP contribution in [0.1, 0.15) is 25.5 Å². The van der Waals surface area contributed by atoms with E-state index in [1.165, 1.54) is 0 Å². The fourth-order valence-electron chi connectivity index (χ4n) is 1.24. The summed E-state index contributed by atoms with van der Waals surface area (Å²) in [5.41, 5.74) is 6.32. The van der Waals surface area contributed by atoms with Crippen molar-refractivity contribution in [2.45, 2.75) is 25.1 Å². The molecule has 0 aliphatic heterocycles. The molecule has 0 radical (unpaired) electrons. The van der Waals surface area contributed by atoms with Crippen LogP contribution >= 0.6 is 12.2 Å². The van der Waals surface area contributed by atoms with Crippen molar-refractivity contribution in [1.29, 1.82) is 0 Å². The number of benzene rings is 1. The second kappa shape index (κ2) is 5.57. The maximum Gasteiger partial charge on any atom is 0.214 e. The maximum absolute atomic E-state index is 11.8. The fourth-order valence-corrected chi connectivity index (χ4v) is 2.37. The zero-order valence-corrected chi connectivity index (χ0v) is 11.4. The summed E-state index contributed by atoms with van der Waals surface area (Å²) in [5, 5.41) is -0.525. The Balaban J connectivity index is 3.02. The Kier molecular flexibility index (Phi) is 4.62. The van der Waals surface area contributed by atoms with E-state index in [2.05, 4.69) is 4.72 Å². The van der Waals surface area contributed by atoms with Gasteiger partial charge >= 0.3 is 0 Å². The minimum Gasteiger partial charge on any atom is -0.392 e. The van der Waals surface area contributed by atoms with Gasteiger partial charge in [0.1, 0.15) is 0 Å². The summed E-state index contributed by atoms with van der Waals surface area (Å²) in [6.45, 7) is 3.20. The summed E-state index contributed by atoms with van der Waals surface area (Å²) in [6.07, 6.45) is 0. The summed E-state index contributed by atoms with van der Waals surface area (Å²) < 4.78 is 26.1. The number of nitrogens with one attached hydrogen (secondary N) is 1. The van der Waals surface area contributed by atoms with Crippen molar-refractivity contribution in [3.8, 4) is 0 Å². The molecule has 1 atom stereocenters. The lowest BCUT2D eigenvalue weighted by Gasteiger charge is -2.19. The van der Waals surface area contributed by atoms with Gasteiger partial charge in [-0.25, -0.2) is 13.1 Å². The van der Waals surface area contributed by atoms with E-state index in [0.717, 1.165) is 5.56 Å². The number of thiocarbonyl (C=S) groups is 1. The molecule has 3 N–H and O–H groups in total. The van der Waals surface area contributed by atoms with E-state index in [-0.39, 0.29) is 4.99 Å². The number of nitrogens with two attached hydrogens (primary N) is 1. The first-order chi connectivity index (χ1) is 7.84. The molecule has 6 heteroatoms. The van der Waals surface area contributed by atoms with E-state index in [0.29, 0.717) is 0 Å². The normalized spacial score (nSPS) is 13.6.